The highest BCUT2D eigenvalue weighted by atomic mass is 16.5. The molecule has 0 bridgehead atoms. The van der Waals surface area contributed by atoms with Gasteiger partial charge in [0, 0.05) is 39.3 Å². The first-order valence-electron chi connectivity index (χ1n) is 7.84. The largest absolute Gasteiger partial charge is 0.497 e. The topological polar surface area (TPSA) is 30.9 Å². The number of hydrogen-bond acceptors (Lipinski definition) is 4. The smallest absolute Gasteiger partial charge is 0.119 e. The van der Waals surface area contributed by atoms with E-state index in [2.05, 4.69) is 24.0 Å². The lowest BCUT2D eigenvalue weighted by atomic mass is 9.84. The second kappa shape index (κ2) is 6.34. The maximum absolute atomic E-state index is 6.04. The predicted molar refractivity (Wildman–Crippen MR) is 81.6 cm³/mol. The fourth-order valence-electron chi connectivity index (χ4n) is 3.49. The van der Waals surface area contributed by atoms with Gasteiger partial charge in [-0.15, -0.1) is 0 Å². The van der Waals surface area contributed by atoms with Crippen molar-refractivity contribution in [2.45, 2.75) is 38.0 Å². The molecular weight excluding hydrogens is 266 g/mol. The molecule has 4 heteroatoms. The quantitative estimate of drug-likeness (QED) is 0.834. The van der Waals surface area contributed by atoms with Crippen molar-refractivity contribution in [1.29, 1.82) is 0 Å². The molecule has 2 saturated heterocycles. The zero-order valence-electron chi connectivity index (χ0n) is 13.0. The van der Waals surface area contributed by atoms with Crippen LogP contribution in [0.1, 0.15) is 25.3 Å². The van der Waals surface area contributed by atoms with Crippen LogP contribution < -0.4 is 4.74 Å². The van der Waals surface area contributed by atoms with Crippen molar-refractivity contribution in [1.82, 2.24) is 4.90 Å². The van der Waals surface area contributed by atoms with Crippen molar-refractivity contribution >= 4 is 0 Å². The molecule has 0 aromatic heterocycles. The molecule has 1 aromatic carbocycles. The minimum absolute atomic E-state index is 0.0386. The Morgan fingerprint density at radius 2 is 2.24 bits per heavy atom. The summed E-state index contributed by atoms with van der Waals surface area (Å²) >= 11 is 0. The summed E-state index contributed by atoms with van der Waals surface area (Å²) < 4.78 is 17.1. The van der Waals surface area contributed by atoms with Gasteiger partial charge in [-0.25, -0.2) is 0 Å². The van der Waals surface area contributed by atoms with Gasteiger partial charge in [0.25, 0.3) is 0 Å². The molecule has 0 N–H and O–H groups in total. The van der Waals surface area contributed by atoms with Crippen LogP contribution in [0.15, 0.2) is 24.3 Å². The highest BCUT2D eigenvalue weighted by Crippen LogP contribution is 2.36. The van der Waals surface area contributed by atoms with E-state index in [4.69, 9.17) is 14.2 Å². The zero-order valence-corrected chi connectivity index (χ0v) is 13.0. The lowest BCUT2D eigenvalue weighted by molar-refractivity contribution is -0.198. The molecule has 21 heavy (non-hydrogen) atoms. The Labute approximate surface area is 127 Å². The lowest BCUT2D eigenvalue weighted by Crippen LogP contribution is -2.65. The Morgan fingerprint density at radius 3 is 3.00 bits per heavy atom. The molecule has 2 heterocycles. The minimum Gasteiger partial charge on any atom is -0.497 e. The Bertz CT molecular complexity index is 469. The van der Waals surface area contributed by atoms with Crippen LogP contribution in [0.4, 0.5) is 0 Å². The van der Waals surface area contributed by atoms with Crippen molar-refractivity contribution in [3.63, 3.8) is 0 Å². The van der Waals surface area contributed by atoms with E-state index in [9.17, 15) is 0 Å². The van der Waals surface area contributed by atoms with Crippen LogP contribution in [0.25, 0.3) is 0 Å². The fourth-order valence-corrected chi connectivity index (χ4v) is 3.49. The van der Waals surface area contributed by atoms with Crippen LogP contribution >= 0.6 is 0 Å². The van der Waals surface area contributed by atoms with E-state index in [1.807, 2.05) is 12.1 Å². The van der Waals surface area contributed by atoms with Gasteiger partial charge in [0.05, 0.1) is 18.8 Å². The summed E-state index contributed by atoms with van der Waals surface area (Å²) in [6.45, 7) is 6.67. The summed E-state index contributed by atoms with van der Waals surface area (Å²) in [6, 6.07) is 8.29. The molecule has 0 radical (unpaired) electrons. The summed E-state index contributed by atoms with van der Waals surface area (Å²) in [4.78, 5) is 2.43. The van der Waals surface area contributed by atoms with Crippen LogP contribution in [-0.4, -0.2) is 50.0 Å². The summed E-state index contributed by atoms with van der Waals surface area (Å²) in [5.41, 5.74) is 1.33. The highest BCUT2D eigenvalue weighted by Gasteiger charge is 2.47. The normalized spacial score (nSPS) is 24.8. The predicted octanol–water partition coefficient (Wildman–Crippen LogP) is 2.47. The second-order valence-electron chi connectivity index (χ2n) is 6.10. The van der Waals surface area contributed by atoms with E-state index in [0.29, 0.717) is 6.10 Å². The molecular formula is C17H25NO3. The monoisotopic (exact) mass is 291 g/mol. The minimum atomic E-state index is 0.0386. The molecule has 1 spiro atoms. The Kier molecular flexibility index (Phi) is 4.48. The first kappa shape index (κ1) is 14.8. The van der Waals surface area contributed by atoms with Crippen LogP contribution in [-0.2, 0) is 16.0 Å². The van der Waals surface area contributed by atoms with Gasteiger partial charge < -0.3 is 14.2 Å². The molecule has 0 saturated carbocycles. The van der Waals surface area contributed by atoms with E-state index in [1.165, 1.54) is 5.56 Å². The number of likely N-dealkylation sites (tertiary alicyclic amines) is 1. The van der Waals surface area contributed by atoms with E-state index in [1.54, 1.807) is 7.11 Å². The van der Waals surface area contributed by atoms with Gasteiger partial charge in [-0.2, -0.15) is 0 Å². The third kappa shape index (κ3) is 3.39. The van der Waals surface area contributed by atoms with E-state index in [-0.39, 0.29) is 5.60 Å². The standard InChI is InChI=1S/C17H25NO3/c1-3-20-16-7-8-21-17(10-16)12-18(13-17)11-14-5-4-6-15(9-14)19-2/h4-6,9,16H,3,7-8,10-13H2,1-2H3/t16-/m0/s1. The highest BCUT2D eigenvalue weighted by molar-refractivity contribution is 5.28. The molecule has 2 aliphatic rings. The van der Waals surface area contributed by atoms with E-state index < -0.39 is 0 Å². The molecule has 0 amide bonds. The van der Waals surface area contributed by atoms with Gasteiger partial charge >= 0.3 is 0 Å². The van der Waals surface area contributed by atoms with Crippen molar-refractivity contribution in [3.8, 4) is 5.75 Å². The van der Waals surface area contributed by atoms with Gasteiger partial charge in [-0.05, 0) is 31.0 Å². The van der Waals surface area contributed by atoms with Gasteiger partial charge in [-0.1, -0.05) is 12.1 Å². The number of hydrogen-bond donors (Lipinski definition) is 0. The molecule has 3 rings (SSSR count). The van der Waals surface area contributed by atoms with Crippen LogP contribution in [0.3, 0.4) is 0 Å². The Morgan fingerprint density at radius 1 is 1.38 bits per heavy atom. The third-order valence-electron chi connectivity index (χ3n) is 4.41. The van der Waals surface area contributed by atoms with Crippen molar-refractivity contribution in [2.24, 2.45) is 0 Å². The fraction of sp³-hybridized carbons (Fsp3) is 0.647. The van der Waals surface area contributed by atoms with Crippen molar-refractivity contribution < 1.29 is 14.2 Å². The maximum Gasteiger partial charge on any atom is 0.119 e. The molecule has 0 aliphatic carbocycles. The number of nitrogens with zero attached hydrogens (tertiary/aromatic N) is 1. The number of rotatable bonds is 5. The maximum atomic E-state index is 6.04. The molecule has 4 nitrogen and oxygen atoms in total. The molecule has 2 fully saturated rings. The molecule has 0 unspecified atom stereocenters. The average Bonchev–Trinajstić information content (AvgIpc) is 2.47. The summed E-state index contributed by atoms with van der Waals surface area (Å²) in [6.07, 6.45) is 2.45. The van der Waals surface area contributed by atoms with Crippen LogP contribution in [0.5, 0.6) is 5.75 Å². The van der Waals surface area contributed by atoms with Crippen LogP contribution in [0.2, 0.25) is 0 Å². The van der Waals surface area contributed by atoms with E-state index >= 15 is 0 Å². The molecule has 1 atom stereocenters. The summed E-state index contributed by atoms with van der Waals surface area (Å²) in [7, 11) is 1.71. The third-order valence-corrected chi connectivity index (χ3v) is 4.41. The first-order chi connectivity index (χ1) is 10.2. The lowest BCUT2D eigenvalue weighted by Gasteiger charge is -2.53. The van der Waals surface area contributed by atoms with Crippen molar-refractivity contribution in [3.05, 3.63) is 29.8 Å². The van der Waals surface area contributed by atoms with Gasteiger partial charge in [0.2, 0.25) is 0 Å². The number of benzene rings is 1. The SMILES string of the molecule is CCO[C@H]1CCOC2(C1)CN(Cc1cccc(OC)c1)C2. The van der Waals surface area contributed by atoms with Gasteiger partial charge in [-0.3, -0.25) is 4.90 Å². The van der Waals surface area contributed by atoms with E-state index in [0.717, 1.165) is 51.4 Å². The Hall–Kier alpha value is -1.10. The van der Waals surface area contributed by atoms with Crippen LogP contribution in [0, 0.1) is 0 Å². The summed E-state index contributed by atoms with van der Waals surface area (Å²) in [5, 5.41) is 0. The second-order valence-corrected chi connectivity index (χ2v) is 6.10. The molecule has 116 valence electrons. The molecule has 1 aromatic rings. The van der Waals surface area contributed by atoms with Gasteiger partial charge in [0.1, 0.15) is 5.75 Å². The first-order valence-corrected chi connectivity index (χ1v) is 7.84. The zero-order chi connectivity index (χ0) is 14.7. The number of methoxy groups -OCH3 is 1. The average molecular weight is 291 g/mol. The van der Waals surface area contributed by atoms with Gasteiger partial charge in [0.15, 0.2) is 0 Å². The molecule has 2 aliphatic heterocycles. The number of ether oxygens (including phenoxy) is 3. The summed E-state index contributed by atoms with van der Waals surface area (Å²) in [5.74, 6) is 0.924. The Balaban J connectivity index is 1.52. The van der Waals surface area contributed by atoms with Crippen molar-refractivity contribution in [2.75, 3.05) is 33.4 Å².